The van der Waals surface area contributed by atoms with Crippen molar-refractivity contribution < 1.29 is 37.3 Å². The summed E-state index contributed by atoms with van der Waals surface area (Å²) in [5.41, 5.74) is 3.17. The number of alkyl halides is 3. The maximum absolute atomic E-state index is 13.3. The van der Waals surface area contributed by atoms with E-state index in [9.17, 15) is 27.9 Å². The van der Waals surface area contributed by atoms with Gasteiger partial charge in [-0.15, -0.1) is 13.2 Å². The number of anilines is 1. The van der Waals surface area contributed by atoms with Gasteiger partial charge in [-0.3, -0.25) is 14.5 Å². The maximum atomic E-state index is 13.3. The maximum Gasteiger partial charge on any atom is 0.573 e. The Morgan fingerprint density at radius 1 is 0.946 bits per heavy atom. The summed E-state index contributed by atoms with van der Waals surface area (Å²) in [6, 6.07) is 14.1. The first-order valence-electron chi connectivity index (χ1n) is 11.3. The van der Waals surface area contributed by atoms with Crippen LogP contribution < -0.4 is 14.4 Å². The lowest BCUT2D eigenvalue weighted by Crippen LogP contribution is -2.29. The number of rotatable bonds is 5. The molecule has 1 saturated heterocycles. The van der Waals surface area contributed by atoms with Gasteiger partial charge in [0.2, 0.25) is 0 Å². The smallest absolute Gasteiger partial charge is 0.507 e. The number of hydrogen-bond acceptors (Lipinski definition) is 5. The van der Waals surface area contributed by atoms with Crippen LogP contribution in [-0.4, -0.2) is 30.3 Å². The molecule has 1 amide bonds. The number of carbonyl (C=O) groups is 2. The van der Waals surface area contributed by atoms with Crippen molar-refractivity contribution >= 4 is 23.1 Å². The van der Waals surface area contributed by atoms with Crippen LogP contribution in [-0.2, 0) is 9.59 Å². The zero-order chi connectivity index (χ0) is 27.1. The van der Waals surface area contributed by atoms with Gasteiger partial charge >= 0.3 is 6.36 Å². The van der Waals surface area contributed by atoms with E-state index < -0.39 is 29.8 Å². The number of benzene rings is 3. The average molecular weight is 511 g/mol. The zero-order valence-corrected chi connectivity index (χ0v) is 20.5. The van der Waals surface area contributed by atoms with E-state index in [1.165, 1.54) is 24.1 Å². The molecule has 0 radical (unpaired) electrons. The highest BCUT2D eigenvalue weighted by Crippen LogP contribution is 2.43. The Balaban J connectivity index is 1.90. The van der Waals surface area contributed by atoms with E-state index >= 15 is 0 Å². The molecule has 0 bridgehead atoms. The molecule has 192 valence electrons. The molecule has 1 aliphatic heterocycles. The lowest BCUT2D eigenvalue weighted by molar-refractivity contribution is -0.274. The lowest BCUT2D eigenvalue weighted by atomic mass is 9.92. The Morgan fingerprint density at radius 3 is 2.22 bits per heavy atom. The third-order valence-corrected chi connectivity index (χ3v) is 6.15. The van der Waals surface area contributed by atoms with Crippen LogP contribution in [0.3, 0.4) is 0 Å². The van der Waals surface area contributed by atoms with Gasteiger partial charge in [-0.05, 0) is 73.9 Å². The summed E-state index contributed by atoms with van der Waals surface area (Å²) in [5, 5.41) is 11.4. The van der Waals surface area contributed by atoms with Crippen molar-refractivity contribution in [3.63, 3.8) is 0 Å². The summed E-state index contributed by atoms with van der Waals surface area (Å²) in [5.74, 6) is -2.05. The molecular formula is C28H24F3NO5. The molecule has 1 unspecified atom stereocenters. The zero-order valence-electron chi connectivity index (χ0n) is 20.5. The highest BCUT2D eigenvalue weighted by molar-refractivity contribution is 6.51. The van der Waals surface area contributed by atoms with Crippen molar-refractivity contribution in [2.75, 3.05) is 12.0 Å². The monoisotopic (exact) mass is 511 g/mol. The van der Waals surface area contributed by atoms with Crippen LogP contribution in [0, 0.1) is 20.8 Å². The molecule has 4 rings (SSSR count). The molecule has 1 N–H and O–H groups in total. The minimum Gasteiger partial charge on any atom is -0.507 e. The predicted octanol–water partition coefficient (Wildman–Crippen LogP) is 6.15. The topological polar surface area (TPSA) is 76.1 Å². The largest absolute Gasteiger partial charge is 0.573 e. The molecule has 0 spiro atoms. The number of aliphatic hydroxyl groups is 1. The summed E-state index contributed by atoms with van der Waals surface area (Å²) in [6.07, 6.45) is -4.87. The van der Waals surface area contributed by atoms with Crippen LogP contribution in [0.4, 0.5) is 18.9 Å². The summed E-state index contributed by atoms with van der Waals surface area (Å²) >= 11 is 0. The van der Waals surface area contributed by atoms with E-state index in [0.29, 0.717) is 22.4 Å². The van der Waals surface area contributed by atoms with Gasteiger partial charge in [0.25, 0.3) is 11.7 Å². The first-order chi connectivity index (χ1) is 17.4. The molecule has 3 aromatic rings. The van der Waals surface area contributed by atoms with E-state index in [-0.39, 0.29) is 17.0 Å². The molecule has 0 aliphatic carbocycles. The van der Waals surface area contributed by atoms with E-state index in [2.05, 4.69) is 4.74 Å². The van der Waals surface area contributed by atoms with E-state index in [4.69, 9.17) is 4.74 Å². The molecular weight excluding hydrogens is 487 g/mol. The Bertz CT molecular complexity index is 1410. The fourth-order valence-electron chi connectivity index (χ4n) is 4.47. The molecule has 0 aromatic heterocycles. The van der Waals surface area contributed by atoms with Gasteiger partial charge in [-0.2, -0.15) is 0 Å². The first kappa shape index (κ1) is 25.8. The summed E-state index contributed by atoms with van der Waals surface area (Å²) < 4.78 is 47.1. The van der Waals surface area contributed by atoms with Gasteiger partial charge in [0.1, 0.15) is 17.3 Å². The number of ketones is 1. The molecule has 0 saturated carbocycles. The number of Topliss-reactive ketones (excluding diaryl/α,β-unsaturated/α-hetero) is 1. The second-order valence-corrected chi connectivity index (χ2v) is 8.76. The van der Waals surface area contributed by atoms with Crippen LogP contribution in [0.2, 0.25) is 0 Å². The molecule has 6 nitrogen and oxygen atoms in total. The predicted molar refractivity (Wildman–Crippen MR) is 132 cm³/mol. The third kappa shape index (κ3) is 5.02. The number of ether oxygens (including phenoxy) is 2. The standard InChI is InChI=1S/C28H24F3NO5/c1-15-6-5-7-18(12-15)24-23(25(33)21-13-17(3)22(36-4)14-16(21)2)26(34)27(35)32(24)19-8-10-20(11-9-19)37-28(29,30)31/h5-14,24,33H,1-4H3/b25-23+. The average Bonchev–Trinajstić information content (AvgIpc) is 3.10. The molecule has 1 heterocycles. The molecule has 3 aromatic carbocycles. The number of methoxy groups -OCH3 is 1. The van der Waals surface area contributed by atoms with Crippen molar-refractivity contribution in [2.24, 2.45) is 0 Å². The summed E-state index contributed by atoms with van der Waals surface area (Å²) in [7, 11) is 1.52. The molecule has 1 atom stereocenters. The van der Waals surface area contributed by atoms with Crippen LogP contribution in [0.1, 0.15) is 33.9 Å². The van der Waals surface area contributed by atoms with Gasteiger partial charge in [-0.1, -0.05) is 29.8 Å². The Labute approximate surface area is 211 Å². The lowest BCUT2D eigenvalue weighted by Gasteiger charge is -2.26. The normalized spacial score (nSPS) is 17.3. The first-order valence-corrected chi connectivity index (χ1v) is 11.3. The Morgan fingerprint density at radius 2 is 1.62 bits per heavy atom. The second-order valence-electron chi connectivity index (χ2n) is 8.76. The van der Waals surface area contributed by atoms with Crippen LogP contribution in [0.5, 0.6) is 11.5 Å². The van der Waals surface area contributed by atoms with Crippen molar-refractivity contribution in [3.05, 3.63) is 94.1 Å². The van der Waals surface area contributed by atoms with Crippen molar-refractivity contribution in [1.29, 1.82) is 0 Å². The minimum absolute atomic E-state index is 0.126. The quantitative estimate of drug-likeness (QED) is 0.253. The van der Waals surface area contributed by atoms with Crippen LogP contribution >= 0.6 is 0 Å². The number of nitrogens with zero attached hydrogens (tertiary/aromatic N) is 1. The van der Waals surface area contributed by atoms with E-state index in [0.717, 1.165) is 23.3 Å². The Kier molecular flexibility index (Phi) is 6.73. The summed E-state index contributed by atoms with van der Waals surface area (Å²) in [6.45, 7) is 5.38. The highest BCUT2D eigenvalue weighted by atomic mass is 19.4. The SMILES string of the molecule is COc1cc(C)c(/C(O)=C2\C(=O)C(=O)N(c3ccc(OC(F)(F)F)cc3)C2c2cccc(C)c2)cc1C. The number of hydrogen-bond donors (Lipinski definition) is 1. The second kappa shape index (κ2) is 9.65. The molecule has 9 heteroatoms. The number of aliphatic hydroxyl groups excluding tert-OH is 1. The van der Waals surface area contributed by atoms with Gasteiger partial charge in [0.15, 0.2) is 0 Å². The van der Waals surface area contributed by atoms with Gasteiger partial charge in [-0.25, -0.2) is 0 Å². The molecule has 1 aliphatic rings. The van der Waals surface area contributed by atoms with Crippen molar-refractivity contribution in [3.8, 4) is 11.5 Å². The van der Waals surface area contributed by atoms with Crippen molar-refractivity contribution in [1.82, 2.24) is 0 Å². The fraction of sp³-hybridized carbons (Fsp3) is 0.214. The van der Waals surface area contributed by atoms with E-state index in [1.54, 1.807) is 44.2 Å². The minimum atomic E-state index is -4.87. The van der Waals surface area contributed by atoms with Crippen molar-refractivity contribution in [2.45, 2.75) is 33.2 Å². The number of carbonyl (C=O) groups excluding carboxylic acids is 2. The van der Waals surface area contributed by atoms with Gasteiger partial charge in [0, 0.05) is 11.3 Å². The molecule has 1 fully saturated rings. The van der Waals surface area contributed by atoms with E-state index in [1.807, 2.05) is 13.0 Å². The molecule has 37 heavy (non-hydrogen) atoms. The van der Waals surface area contributed by atoms with Gasteiger partial charge < -0.3 is 14.6 Å². The third-order valence-electron chi connectivity index (χ3n) is 6.15. The van der Waals surface area contributed by atoms with Gasteiger partial charge in [0.05, 0.1) is 18.7 Å². The van der Waals surface area contributed by atoms with Crippen LogP contribution in [0.15, 0.2) is 66.2 Å². The number of aryl methyl sites for hydroxylation is 3. The fourth-order valence-corrected chi connectivity index (χ4v) is 4.47. The Hall–Kier alpha value is -4.27. The number of amides is 1. The highest BCUT2D eigenvalue weighted by Gasteiger charge is 2.47. The summed E-state index contributed by atoms with van der Waals surface area (Å²) in [4.78, 5) is 27.8. The van der Waals surface area contributed by atoms with Crippen LogP contribution in [0.25, 0.3) is 5.76 Å². The number of halogens is 3.